The first kappa shape index (κ1) is 19.3. The van der Waals surface area contributed by atoms with E-state index in [0.29, 0.717) is 24.9 Å². The molecule has 0 bridgehead atoms. The first-order valence-electron chi connectivity index (χ1n) is 7.84. The van der Waals surface area contributed by atoms with Gasteiger partial charge in [-0.1, -0.05) is 6.92 Å². The Labute approximate surface area is 139 Å². The zero-order valence-electron chi connectivity index (χ0n) is 14.3. The molecule has 0 aliphatic rings. The minimum Gasteiger partial charge on any atom is -0.492 e. The van der Waals surface area contributed by atoms with Crippen LogP contribution < -0.4 is 15.4 Å². The topological polar surface area (TPSA) is 79.8 Å². The molecule has 2 N–H and O–H groups in total. The minimum absolute atomic E-state index is 0.287. The van der Waals surface area contributed by atoms with Crippen LogP contribution in [0.15, 0.2) is 34.2 Å². The van der Waals surface area contributed by atoms with Gasteiger partial charge in [-0.15, -0.1) is 0 Å². The quantitative estimate of drug-likeness (QED) is 0.428. The largest absolute Gasteiger partial charge is 0.492 e. The van der Waals surface area contributed by atoms with Crippen LogP contribution in [0, 0.1) is 0 Å². The Balaban J connectivity index is 2.49. The average molecular weight is 341 g/mol. The standard InChI is InChI=1S/C16H27N3O3S/c1-5-13(3)19-16(17-6-2)18-11-12-22-14-7-9-15(10-8-14)23(4,20)21/h7-10,13H,5-6,11-12H2,1-4H3,(H2,17,18,19). The maximum atomic E-state index is 11.4. The average Bonchev–Trinajstić information content (AvgIpc) is 2.51. The van der Waals surface area contributed by atoms with Crippen molar-refractivity contribution in [2.75, 3.05) is 26.0 Å². The van der Waals surface area contributed by atoms with E-state index >= 15 is 0 Å². The van der Waals surface area contributed by atoms with Crippen LogP contribution in [0.1, 0.15) is 27.2 Å². The highest BCUT2D eigenvalue weighted by Crippen LogP contribution is 2.15. The highest BCUT2D eigenvalue weighted by Gasteiger charge is 2.06. The van der Waals surface area contributed by atoms with Gasteiger partial charge in [0.2, 0.25) is 0 Å². The van der Waals surface area contributed by atoms with Crippen LogP contribution in [-0.4, -0.2) is 46.4 Å². The normalized spacial score (nSPS) is 13.5. The molecule has 7 heteroatoms. The molecule has 0 spiro atoms. The van der Waals surface area contributed by atoms with Crippen molar-refractivity contribution in [2.45, 2.75) is 38.1 Å². The molecule has 1 rings (SSSR count). The first-order chi connectivity index (χ1) is 10.9. The lowest BCUT2D eigenvalue weighted by Gasteiger charge is -2.16. The summed E-state index contributed by atoms with van der Waals surface area (Å²) >= 11 is 0. The molecular formula is C16H27N3O3S. The van der Waals surface area contributed by atoms with Gasteiger partial charge in [0.25, 0.3) is 0 Å². The van der Waals surface area contributed by atoms with E-state index < -0.39 is 9.84 Å². The summed E-state index contributed by atoms with van der Waals surface area (Å²) in [6.07, 6.45) is 2.21. The highest BCUT2D eigenvalue weighted by atomic mass is 32.2. The Morgan fingerprint density at radius 2 is 1.91 bits per heavy atom. The number of aliphatic imine (C=N–C) groups is 1. The van der Waals surface area contributed by atoms with Crippen LogP contribution in [0.5, 0.6) is 5.75 Å². The third kappa shape index (κ3) is 7.36. The van der Waals surface area contributed by atoms with Gasteiger partial charge in [-0.25, -0.2) is 13.4 Å². The van der Waals surface area contributed by atoms with E-state index in [4.69, 9.17) is 4.74 Å². The molecule has 0 radical (unpaired) electrons. The Kier molecular flexibility index (Phi) is 7.88. The number of nitrogens with one attached hydrogen (secondary N) is 2. The van der Waals surface area contributed by atoms with Crippen molar-refractivity contribution in [2.24, 2.45) is 4.99 Å². The lowest BCUT2D eigenvalue weighted by atomic mass is 10.3. The second kappa shape index (κ2) is 9.39. The number of nitrogens with zero attached hydrogens (tertiary/aromatic N) is 1. The van der Waals surface area contributed by atoms with Gasteiger partial charge in [0.15, 0.2) is 15.8 Å². The molecule has 1 atom stereocenters. The van der Waals surface area contributed by atoms with Gasteiger partial charge in [0, 0.05) is 18.8 Å². The van der Waals surface area contributed by atoms with E-state index in [1.54, 1.807) is 24.3 Å². The van der Waals surface area contributed by atoms with Crippen molar-refractivity contribution in [1.82, 2.24) is 10.6 Å². The molecule has 0 fully saturated rings. The van der Waals surface area contributed by atoms with Crippen molar-refractivity contribution < 1.29 is 13.2 Å². The van der Waals surface area contributed by atoms with Gasteiger partial charge < -0.3 is 15.4 Å². The number of guanidine groups is 1. The Morgan fingerprint density at radius 3 is 2.43 bits per heavy atom. The zero-order chi connectivity index (χ0) is 17.3. The molecule has 0 saturated heterocycles. The lowest BCUT2D eigenvalue weighted by Crippen LogP contribution is -2.42. The molecule has 1 aromatic rings. The summed E-state index contributed by atoms with van der Waals surface area (Å²) in [6.45, 7) is 7.98. The molecule has 0 heterocycles. The number of benzene rings is 1. The van der Waals surface area contributed by atoms with E-state index in [0.717, 1.165) is 18.9 Å². The maximum Gasteiger partial charge on any atom is 0.191 e. The molecule has 1 unspecified atom stereocenters. The fourth-order valence-electron chi connectivity index (χ4n) is 1.76. The number of ether oxygens (including phenoxy) is 1. The molecule has 0 saturated carbocycles. The van der Waals surface area contributed by atoms with Crippen molar-refractivity contribution in [3.05, 3.63) is 24.3 Å². The van der Waals surface area contributed by atoms with Gasteiger partial charge in [-0.05, 0) is 44.5 Å². The van der Waals surface area contributed by atoms with Gasteiger partial charge in [-0.2, -0.15) is 0 Å². The third-order valence-electron chi connectivity index (χ3n) is 3.22. The molecule has 1 aromatic carbocycles. The maximum absolute atomic E-state index is 11.4. The van der Waals surface area contributed by atoms with E-state index in [1.165, 1.54) is 6.26 Å². The summed E-state index contributed by atoms with van der Waals surface area (Å²) in [5, 5.41) is 6.49. The van der Waals surface area contributed by atoms with Crippen molar-refractivity contribution in [3.63, 3.8) is 0 Å². The van der Waals surface area contributed by atoms with Crippen LogP contribution in [0.4, 0.5) is 0 Å². The highest BCUT2D eigenvalue weighted by molar-refractivity contribution is 7.90. The van der Waals surface area contributed by atoms with E-state index in [9.17, 15) is 8.42 Å². The van der Waals surface area contributed by atoms with Crippen LogP contribution in [0.2, 0.25) is 0 Å². The molecule has 0 amide bonds. The summed E-state index contributed by atoms with van der Waals surface area (Å²) in [5.41, 5.74) is 0. The fourth-order valence-corrected chi connectivity index (χ4v) is 2.39. The van der Waals surface area contributed by atoms with Crippen molar-refractivity contribution in [3.8, 4) is 5.75 Å². The summed E-state index contributed by atoms with van der Waals surface area (Å²) in [7, 11) is -3.17. The molecule has 6 nitrogen and oxygen atoms in total. The Morgan fingerprint density at radius 1 is 1.26 bits per heavy atom. The van der Waals surface area contributed by atoms with Gasteiger partial charge in [0.1, 0.15) is 12.4 Å². The molecular weight excluding hydrogens is 314 g/mol. The SMILES string of the molecule is CCNC(=NCCOc1ccc(S(C)(=O)=O)cc1)NC(C)CC. The second-order valence-corrected chi connectivity index (χ2v) is 7.32. The minimum atomic E-state index is -3.17. The predicted octanol–water partition coefficient (Wildman–Crippen LogP) is 1.82. The number of sulfone groups is 1. The van der Waals surface area contributed by atoms with Crippen molar-refractivity contribution in [1.29, 1.82) is 0 Å². The lowest BCUT2D eigenvalue weighted by molar-refractivity contribution is 0.328. The number of hydrogen-bond acceptors (Lipinski definition) is 4. The van der Waals surface area contributed by atoms with Crippen molar-refractivity contribution >= 4 is 15.8 Å². The van der Waals surface area contributed by atoms with Gasteiger partial charge in [0.05, 0.1) is 11.4 Å². The molecule has 23 heavy (non-hydrogen) atoms. The number of rotatable bonds is 8. The molecule has 0 aliphatic heterocycles. The molecule has 0 aromatic heterocycles. The van der Waals surface area contributed by atoms with Crippen LogP contribution in [0.25, 0.3) is 0 Å². The van der Waals surface area contributed by atoms with E-state index in [2.05, 4.69) is 29.5 Å². The summed E-state index contributed by atoms with van der Waals surface area (Å²) < 4.78 is 28.3. The summed E-state index contributed by atoms with van der Waals surface area (Å²) in [4.78, 5) is 4.73. The monoisotopic (exact) mass is 341 g/mol. The van der Waals surface area contributed by atoms with E-state index in [1.807, 2.05) is 6.92 Å². The van der Waals surface area contributed by atoms with Gasteiger partial charge in [-0.3, -0.25) is 0 Å². The third-order valence-corrected chi connectivity index (χ3v) is 4.35. The zero-order valence-corrected chi connectivity index (χ0v) is 15.1. The Bertz CT molecular complexity index is 598. The van der Waals surface area contributed by atoms with Crippen LogP contribution >= 0.6 is 0 Å². The molecule has 0 aliphatic carbocycles. The summed E-state index contributed by atoms with van der Waals surface area (Å²) in [5.74, 6) is 1.41. The number of hydrogen-bond donors (Lipinski definition) is 2. The van der Waals surface area contributed by atoms with Crippen LogP contribution in [0.3, 0.4) is 0 Å². The predicted molar refractivity (Wildman–Crippen MR) is 93.9 cm³/mol. The first-order valence-corrected chi connectivity index (χ1v) is 9.73. The van der Waals surface area contributed by atoms with Crippen LogP contribution in [-0.2, 0) is 9.84 Å². The Hall–Kier alpha value is -1.76. The summed E-state index contributed by atoms with van der Waals surface area (Å²) in [6, 6.07) is 6.76. The van der Waals surface area contributed by atoms with Gasteiger partial charge >= 0.3 is 0 Å². The van der Waals surface area contributed by atoms with E-state index in [-0.39, 0.29) is 4.90 Å². The second-order valence-electron chi connectivity index (χ2n) is 5.31. The molecule has 130 valence electrons. The smallest absolute Gasteiger partial charge is 0.191 e. The fraction of sp³-hybridized carbons (Fsp3) is 0.562.